The largest absolute Gasteiger partial charge is 0.493 e. The first kappa shape index (κ1) is 21.6. The van der Waals surface area contributed by atoms with Crippen LogP contribution in [0.1, 0.15) is 18.4 Å². The molecule has 2 amide bonds. The number of ether oxygens (including phenoxy) is 2. The fraction of sp³-hybridized carbons (Fsp3) is 0.391. The van der Waals surface area contributed by atoms with E-state index in [-0.39, 0.29) is 11.8 Å². The molecule has 160 valence electrons. The van der Waals surface area contributed by atoms with Crippen LogP contribution in [0, 0.1) is 0 Å². The summed E-state index contributed by atoms with van der Waals surface area (Å²) >= 11 is 0. The summed E-state index contributed by atoms with van der Waals surface area (Å²) in [5, 5.41) is 2.93. The van der Waals surface area contributed by atoms with E-state index < -0.39 is 0 Å². The van der Waals surface area contributed by atoms with Crippen LogP contribution in [0.4, 0.5) is 11.4 Å². The summed E-state index contributed by atoms with van der Waals surface area (Å²) < 4.78 is 10.6. The van der Waals surface area contributed by atoms with E-state index in [4.69, 9.17) is 9.47 Å². The molecular weight excluding hydrogens is 382 g/mol. The number of likely N-dealkylation sites (N-methyl/N-ethyl adjacent to an activating group) is 1. The summed E-state index contributed by atoms with van der Waals surface area (Å²) in [6.45, 7) is 1.96. The average molecular weight is 413 g/mol. The van der Waals surface area contributed by atoms with E-state index in [0.29, 0.717) is 24.5 Å². The van der Waals surface area contributed by atoms with Gasteiger partial charge in [-0.25, -0.2) is 0 Å². The lowest BCUT2D eigenvalue weighted by molar-refractivity contribution is -0.870. The van der Waals surface area contributed by atoms with E-state index in [1.807, 2.05) is 49.5 Å². The number of quaternary nitrogens is 1. The van der Waals surface area contributed by atoms with Crippen molar-refractivity contribution in [3.8, 4) is 11.5 Å². The summed E-state index contributed by atoms with van der Waals surface area (Å²) in [6, 6.07) is 13.3. The summed E-state index contributed by atoms with van der Waals surface area (Å²) in [5.41, 5.74) is 2.76. The van der Waals surface area contributed by atoms with Crippen molar-refractivity contribution >= 4 is 23.2 Å². The molecule has 0 radical (unpaired) electrons. The zero-order valence-corrected chi connectivity index (χ0v) is 17.9. The van der Waals surface area contributed by atoms with Gasteiger partial charge in [0.25, 0.3) is 5.91 Å². The molecule has 2 aromatic rings. The first-order valence-electron chi connectivity index (χ1n) is 10.2. The quantitative estimate of drug-likeness (QED) is 0.655. The Morgan fingerprint density at radius 2 is 1.83 bits per heavy atom. The van der Waals surface area contributed by atoms with Crippen molar-refractivity contribution in [1.82, 2.24) is 0 Å². The van der Waals surface area contributed by atoms with E-state index in [1.54, 1.807) is 19.1 Å². The minimum atomic E-state index is -0.0372. The van der Waals surface area contributed by atoms with Gasteiger partial charge < -0.3 is 24.6 Å². The van der Waals surface area contributed by atoms with Crippen molar-refractivity contribution in [3.05, 3.63) is 48.0 Å². The molecule has 1 saturated heterocycles. The number of rotatable bonds is 9. The Morgan fingerprint density at radius 1 is 1.10 bits per heavy atom. The second-order valence-corrected chi connectivity index (χ2v) is 7.57. The standard InChI is InChI=1S/C23H29N3O4/c1-25(14-12-17-6-11-20(29-2)21(15-17)30-3)16-22(27)24-18-7-9-19(10-8-18)26-13-4-5-23(26)28/h6-11,15H,4-5,12-14,16H2,1-3H3,(H,24,27)/p+1. The minimum Gasteiger partial charge on any atom is -0.493 e. The molecule has 0 saturated carbocycles. The van der Waals surface area contributed by atoms with Crippen molar-refractivity contribution in [2.75, 3.05) is 51.1 Å². The number of carbonyl (C=O) groups is 2. The van der Waals surface area contributed by atoms with Crippen LogP contribution >= 0.6 is 0 Å². The van der Waals surface area contributed by atoms with Crippen molar-refractivity contribution in [1.29, 1.82) is 0 Å². The molecular formula is C23H30N3O4+. The van der Waals surface area contributed by atoms with Gasteiger partial charge in [0, 0.05) is 30.8 Å². The highest BCUT2D eigenvalue weighted by molar-refractivity contribution is 5.96. The third-order valence-electron chi connectivity index (χ3n) is 5.29. The van der Waals surface area contributed by atoms with Gasteiger partial charge in [-0.2, -0.15) is 0 Å². The number of amides is 2. The number of hydrogen-bond donors (Lipinski definition) is 2. The zero-order chi connectivity index (χ0) is 21.5. The fourth-order valence-electron chi connectivity index (χ4n) is 3.61. The van der Waals surface area contributed by atoms with Crippen LogP contribution in [0.5, 0.6) is 11.5 Å². The highest BCUT2D eigenvalue weighted by atomic mass is 16.5. The molecule has 2 N–H and O–H groups in total. The predicted octanol–water partition coefficient (Wildman–Crippen LogP) is 1.53. The maximum absolute atomic E-state index is 12.4. The van der Waals surface area contributed by atoms with Crippen molar-refractivity contribution in [2.45, 2.75) is 19.3 Å². The van der Waals surface area contributed by atoms with E-state index in [2.05, 4.69) is 5.32 Å². The van der Waals surface area contributed by atoms with Gasteiger partial charge in [-0.3, -0.25) is 9.59 Å². The van der Waals surface area contributed by atoms with Crippen LogP contribution in [0.3, 0.4) is 0 Å². The summed E-state index contributed by atoms with van der Waals surface area (Å²) in [4.78, 5) is 27.1. The van der Waals surface area contributed by atoms with Crippen LogP contribution in [0.2, 0.25) is 0 Å². The Labute approximate surface area is 177 Å². The first-order chi connectivity index (χ1) is 14.5. The molecule has 1 fully saturated rings. The zero-order valence-electron chi connectivity index (χ0n) is 17.9. The Hall–Kier alpha value is -3.06. The van der Waals surface area contributed by atoms with Crippen LogP contribution in [0.15, 0.2) is 42.5 Å². The maximum Gasteiger partial charge on any atom is 0.279 e. The number of anilines is 2. The third-order valence-corrected chi connectivity index (χ3v) is 5.29. The van der Waals surface area contributed by atoms with Gasteiger partial charge in [0.15, 0.2) is 18.0 Å². The van der Waals surface area contributed by atoms with E-state index in [1.165, 1.54) is 0 Å². The van der Waals surface area contributed by atoms with Crippen LogP contribution in [0.25, 0.3) is 0 Å². The molecule has 0 spiro atoms. The lowest BCUT2D eigenvalue weighted by Gasteiger charge is -2.17. The molecule has 2 aromatic carbocycles. The van der Waals surface area contributed by atoms with Crippen LogP contribution in [-0.4, -0.2) is 52.7 Å². The molecule has 1 atom stereocenters. The molecule has 1 aliphatic rings. The number of nitrogens with one attached hydrogen (secondary N) is 2. The highest BCUT2D eigenvalue weighted by Crippen LogP contribution is 2.27. The normalized spacial score (nSPS) is 14.5. The predicted molar refractivity (Wildman–Crippen MR) is 117 cm³/mol. The van der Waals surface area contributed by atoms with Gasteiger partial charge in [-0.1, -0.05) is 6.07 Å². The second kappa shape index (κ2) is 10.1. The number of methoxy groups -OCH3 is 2. The highest BCUT2D eigenvalue weighted by Gasteiger charge is 2.21. The monoisotopic (exact) mass is 412 g/mol. The van der Waals surface area contributed by atoms with Gasteiger partial charge in [0.2, 0.25) is 5.91 Å². The van der Waals surface area contributed by atoms with E-state index in [0.717, 1.165) is 47.8 Å². The van der Waals surface area contributed by atoms with Crippen molar-refractivity contribution in [3.63, 3.8) is 0 Å². The van der Waals surface area contributed by atoms with Gasteiger partial charge in [0.1, 0.15) is 0 Å². The summed E-state index contributed by atoms with van der Waals surface area (Å²) in [7, 11) is 5.24. The molecule has 1 aliphatic heterocycles. The van der Waals surface area contributed by atoms with E-state index >= 15 is 0 Å². The molecule has 1 heterocycles. The Kier molecular flexibility index (Phi) is 7.30. The van der Waals surface area contributed by atoms with Crippen LogP contribution < -0.4 is 24.6 Å². The SMILES string of the molecule is COc1ccc(CC[NH+](C)CC(=O)Nc2ccc(N3CCCC3=O)cc2)cc1OC. The molecule has 30 heavy (non-hydrogen) atoms. The van der Waals surface area contributed by atoms with Gasteiger partial charge in [-0.05, 0) is 48.4 Å². The van der Waals surface area contributed by atoms with E-state index in [9.17, 15) is 9.59 Å². The minimum absolute atomic E-state index is 0.0372. The number of benzene rings is 2. The summed E-state index contributed by atoms with van der Waals surface area (Å²) in [6.07, 6.45) is 2.34. The molecule has 1 unspecified atom stereocenters. The maximum atomic E-state index is 12.4. The smallest absolute Gasteiger partial charge is 0.279 e. The third kappa shape index (κ3) is 5.51. The topological polar surface area (TPSA) is 72.3 Å². The molecule has 7 heteroatoms. The molecule has 0 bridgehead atoms. The number of carbonyl (C=O) groups excluding carboxylic acids is 2. The molecule has 0 aromatic heterocycles. The summed E-state index contributed by atoms with van der Waals surface area (Å²) in [5.74, 6) is 1.54. The average Bonchev–Trinajstić information content (AvgIpc) is 3.18. The fourth-order valence-corrected chi connectivity index (χ4v) is 3.61. The second-order valence-electron chi connectivity index (χ2n) is 7.57. The Bertz CT molecular complexity index is 883. The lowest BCUT2D eigenvalue weighted by Crippen LogP contribution is -3.10. The first-order valence-corrected chi connectivity index (χ1v) is 10.2. The number of hydrogen-bond acceptors (Lipinski definition) is 4. The number of nitrogens with zero attached hydrogens (tertiary/aromatic N) is 1. The van der Waals surface area contributed by atoms with Gasteiger partial charge in [-0.15, -0.1) is 0 Å². The van der Waals surface area contributed by atoms with Gasteiger partial charge in [0.05, 0.1) is 27.8 Å². The van der Waals surface area contributed by atoms with Crippen molar-refractivity contribution in [2.24, 2.45) is 0 Å². The Balaban J connectivity index is 1.47. The molecule has 0 aliphatic carbocycles. The molecule has 7 nitrogen and oxygen atoms in total. The Morgan fingerprint density at radius 3 is 2.47 bits per heavy atom. The van der Waals surface area contributed by atoms with Crippen molar-refractivity contribution < 1.29 is 24.0 Å². The van der Waals surface area contributed by atoms with Crippen LogP contribution in [-0.2, 0) is 16.0 Å². The molecule has 3 rings (SSSR count). The van der Waals surface area contributed by atoms with Gasteiger partial charge >= 0.3 is 0 Å². The lowest BCUT2D eigenvalue weighted by atomic mass is 10.1.